The van der Waals surface area contributed by atoms with Crippen LogP contribution in [0.3, 0.4) is 0 Å². The van der Waals surface area contributed by atoms with Crippen LogP contribution in [0.15, 0.2) is 0 Å². The molecule has 1 fully saturated rings. The van der Waals surface area contributed by atoms with Crippen molar-refractivity contribution in [3.63, 3.8) is 0 Å². The Balaban J connectivity index is 1.48. The van der Waals surface area contributed by atoms with Crippen molar-refractivity contribution in [3.05, 3.63) is 0 Å². The number of nitrogens with one attached hydrogen (secondary N) is 1. The number of ether oxygens (including phenoxy) is 2. The first-order valence-electron chi connectivity index (χ1n) is 9.37. The number of rotatable bonds is 8. The minimum atomic E-state index is -0.384. The number of Topliss-reactive ketones (excluding diaryl/α,β-unsaturated/α-hetero) is 1. The van der Waals surface area contributed by atoms with Gasteiger partial charge in [0, 0.05) is 31.2 Å². The molecule has 5 heteroatoms. The summed E-state index contributed by atoms with van der Waals surface area (Å²) in [6, 6.07) is 0. The van der Waals surface area contributed by atoms with E-state index in [0.717, 1.165) is 25.7 Å². The third-order valence-corrected chi connectivity index (χ3v) is 5.07. The summed E-state index contributed by atoms with van der Waals surface area (Å²) in [4.78, 5) is 23.5. The van der Waals surface area contributed by atoms with Gasteiger partial charge in [0.1, 0.15) is 5.78 Å². The minimum absolute atomic E-state index is 0.183. The van der Waals surface area contributed by atoms with Gasteiger partial charge in [-0.25, -0.2) is 4.79 Å². The Hall–Kier alpha value is -1.54. The molecule has 1 N–H and O–H groups in total. The van der Waals surface area contributed by atoms with Crippen molar-refractivity contribution in [1.82, 2.24) is 5.32 Å². The lowest BCUT2D eigenvalue weighted by atomic mass is 9.89. The highest BCUT2D eigenvalue weighted by molar-refractivity contribution is 5.83. The Bertz CT molecular complexity index is 508. The monoisotopic (exact) mass is 349 g/mol. The summed E-state index contributed by atoms with van der Waals surface area (Å²) in [5.74, 6) is 8.43. The molecule has 0 aromatic heterocycles. The normalized spacial score (nSPS) is 24.8. The van der Waals surface area contributed by atoms with Crippen LogP contribution < -0.4 is 5.32 Å². The zero-order chi connectivity index (χ0) is 18.3. The van der Waals surface area contributed by atoms with E-state index in [1.54, 1.807) is 0 Å². The number of alkyl carbamates (subject to hydrolysis) is 1. The van der Waals surface area contributed by atoms with Crippen molar-refractivity contribution < 1.29 is 19.1 Å². The molecule has 1 saturated carbocycles. The van der Waals surface area contributed by atoms with Crippen molar-refractivity contribution in [2.75, 3.05) is 26.4 Å². The zero-order valence-corrected chi connectivity index (χ0v) is 15.7. The molecule has 0 unspecified atom stereocenters. The summed E-state index contributed by atoms with van der Waals surface area (Å²) < 4.78 is 10.7. The van der Waals surface area contributed by atoms with Crippen LogP contribution in [0.1, 0.15) is 52.9 Å². The predicted molar refractivity (Wildman–Crippen MR) is 96.0 cm³/mol. The minimum Gasteiger partial charge on any atom is -0.449 e. The molecule has 2 aliphatic carbocycles. The molecule has 0 aromatic rings. The molecule has 0 spiro atoms. The first-order valence-corrected chi connectivity index (χ1v) is 9.37. The standard InChI is InChI=1S/C20H31NO4/c1-20(2,3)18(22)10-12-24-13-11-21-19(23)25-14-17-15-8-6-4-5-7-9-16(15)17/h15-17H,6-14H2,1-3H3,(H,21,23)/t15-,16+,17-. The van der Waals surface area contributed by atoms with Crippen LogP contribution in [-0.4, -0.2) is 38.2 Å². The fourth-order valence-corrected chi connectivity index (χ4v) is 3.37. The van der Waals surface area contributed by atoms with Crippen molar-refractivity contribution in [1.29, 1.82) is 0 Å². The average molecular weight is 349 g/mol. The molecule has 140 valence electrons. The fraction of sp³-hybridized carbons (Fsp3) is 0.800. The van der Waals surface area contributed by atoms with E-state index in [4.69, 9.17) is 9.47 Å². The largest absolute Gasteiger partial charge is 0.449 e. The lowest BCUT2D eigenvalue weighted by Crippen LogP contribution is -2.29. The molecule has 0 radical (unpaired) electrons. The molecule has 3 atom stereocenters. The maximum absolute atomic E-state index is 11.7. The van der Waals surface area contributed by atoms with Crippen molar-refractivity contribution in [3.8, 4) is 11.8 Å². The predicted octanol–water partition coefficient (Wildman–Crippen LogP) is 3.17. The van der Waals surface area contributed by atoms with Crippen LogP contribution in [0.5, 0.6) is 0 Å². The molecule has 25 heavy (non-hydrogen) atoms. The molecule has 0 saturated heterocycles. The Kier molecular flexibility index (Phi) is 7.31. The summed E-state index contributed by atoms with van der Waals surface area (Å²) in [6.07, 6.45) is 4.23. The van der Waals surface area contributed by atoms with Gasteiger partial charge in [0.2, 0.25) is 0 Å². The molecule has 5 nitrogen and oxygen atoms in total. The van der Waals surface area contributed by atoms with Gasteiger partial charge in [-0.05, 0) is 30.6 Å². The number of ketones is 1. The molecule has 0 aliphatic heterocycles. The summed E-state index contributed by atoms with van der Waals surface area (Å²) in [6.45, 7) is 7.38. The number of hydrogen-bond acceptors (Lipinski definition) is 4. The average Bonchev–Trinajstić information content (AvgIpc) is 3.17. The van der Waals surface area contributed by atoms with Gasteiger partial charge in [-0.2, -0.15) is 0 Å². The van der Waals surface area contributed by atoms with Crippen molar-refractivity contribution in [2.24, 2.45) is 23.2 Å². The van der Waals surface area contributed by atoms with Gasteiger partial charge in [-0.3, -0.25) is 4.79 Å². The summed E-state index contributed by atoms with van der Waals surface area (Å²) in [5, 5.41) is 2.69. The first kappa shape index (κ1) is 19.8. The smallest absolute Gasteiger partial charge is 0.407 e. The highest BCUT2D eigenvalue weighted by atomic mass is 16.5. The van der Waals surface area contributed by atoms with E-state index in [1.165, 1.54) is 0 Å². The highest BCUT2D eigenvalue weighted by Crippen LogP contribution is 2.52. The van der Waals surface area contributed by atoms with Crippen LogP contribution in [0, 0.1) is 35.0 Å². The zero-order valence-electron chi connectivity index (χ0n) is 15.7. The quantitative estimate of drug-likeness (QED) is 0.540. The molecular weight excluding hydrogens is 318 g/mol. The van der Waals surface area contributed by atoms with Crippen molar-refractivity contribution >= 4 is 11.9 Å². The Labute approximate surface area is 151 Å². The van der Waals surface area contributed by atoms with Crippen LogP contribution in [-0.2, 0) is 14.3 Å². The van der Waals surface area contributed by atoms with E-state index in [1.807, 2.05) is 20.8 Å². The Morgan fingerprint density at radius 2 is 1.72 bits per heavy atom. The number of carbonyl (C=O) groups excluding carboxylic acids is 2. The van der Waals surface area contributed by atoms with Gasteiger partial charge in [0.05, 0.1) is 19.8 Å². The number of fused-ring (bicyclic) bond motifs is 1. The lowest BCUT2D eigenvalue weighted by Gasteiger charge is -2.16. The molecule has 0 aromatic carbocycles. The molecule has 2 rings (SSSR count). The second-order valence-corrected chi connectivity index (χ2v) is 7.98. The third kappa shape index (κ3) is 6.70. The van der Waals surface area contributed by atoms with Gasteiger partial charge in [-0.1, -0.05) is 20.8 Å². The highest BCUT2D eigenvalue weighted by Gasteiger charge is 2.49. The van der Waals surface area contributed by atoms with Gasteiger partial charge in [0.15, 0.2) is 0 Å². The second-order valence-electron chi connectivity index (χ2n) is 7.98. The van der Waals surface area contributed by atoms with E-state index in [2.05, 4.69) is 17.2 Å². The van der Waals surface area contributed by atoms with E-state index < -0.39 is 0 Å². The number of carbonyl (C=O) groups is 2. The Morgan fingerprint density at radius 1 is 1.08 bits per heavy atom. The molecule has 1 amide bonds. The van der Waals surface area contributed by atoms with Crippen LogP contribution in [0.2, 0.25) is 0 Å². The van der Waals surface area contributed by atoms with E-state index >= 15 is 0 Å². The number of hydrogen-bond donors (Lipinski definition) is 1. The van der Waals surface area contributed by atoms with Gasteiger partial charge >= 0.3 is 6.09 Å². The molecule has 2 aliphatic rings. The molecular formula is C20H31NO4. The Morgan fingerprint density at radius 3 is 2.32 bits per heavy atom. The maximum atomic E-state index is 11.7. The summed E-state index contributed by atoms with van der Waals surface area (Å²) in [7, 11) is 0. The van der Waals surface area contributed by atoms with Gasteiger partial charge in [-0.15, -0.1) is 11.8 Å². The summed E-state index contributed by atoms with van der Waals surface area (Å²) in [5.41, 5.74) is -0.324. The van der Waals surface area contributed by atoms with E-state index in [0.29, 0.717) is 50.5 Å². The SMILES string of the molecule is CC(C)(C)C(=O)CCOCCNC(=O)OC[C@@H]1[C@@H]2CCC#CCC[C@@H]21. The van der Waals surface area contributed by atoms with Crippen LogP contribution >= 0.6 is 0 Å². The lowest BCUT2D eigenvalue weighted by molar-refractivity contribution is -0.127. The second kappa shape index (κ2) is 9.24. The number of amides is 1. The fourth-order valence-electron chi connectivity index (χ4n) is 3.37. The first-order chi connectivity index (χ1) is 11.9. The van der Waals surface area contributed by atoms with Crippen molar-refractivity contribution in [2.45, 2.75) is 52.9 Å². The van der Waals surface area contributed by atoms with Crippen LogP contribution in [0.25, 0.3) is 0 Å². The summed E-state index contributed by atoms with van der Waals surface area (Å²) >= 11 is 0. The van der Waals surface area contributed by atoms with E-state index in [9.17, 15) is 9.59 Å². The van der Waals surface area contributed by atoms with Crippen LogP contribution in [0.4, 0.5) is 4.79 Å². The topological polar surface area (TPSA) is 64.6 Å². The van der Waals surface area contributed by atoms with Gasteiger partial charge in [0.25, 0.3) is 0 Å². The maximum Gasteiger partial charge on any atom is 0.407 e. The molecule has 0 bridgehead atoms. The molecule has 0 heterocycles. The third-order valence-electron chi connectivity index (χ3n) is 5.07. The van der Waals surface area contributed by atoms with Gasteiger partial charge < -0.3 is 14.8 Å². The van der Waals surface area contributed by atoms with E-state index in [-0.39, 0.29) is 17.3 Å².